The molecule has 3 heteroatoms. The van der Waals surface area contributed by atoms with E-state index in [1.165, 1.54) is 16.7 Å². The SMILES string of the molecule is CNC(C)(C)c1nccc(-c2cc(C)ccc2C)n1. The van der Waals surface area contributed by atoms with E-state index in [9.17, 15) is 0 Å². The van der Waals surface area contributed by atoms with E-state index in [1.54, 1.807) is 0 Å². The molecule has 2 aromatic rings. The summed E-state index contributed by atoms with van der Waals surface area (Å²) in [5, 5.41) is 3.24. The molecule has 0 amide bonds. The van der Waals surface area contributed by atoms with Crippen LogP contribution in [-0.2, 0) is 5.54 Å². The maximum absolute atomic E-state index is 4.71. The second kappa shape index (κ2) is 5.10. The van der Waals surface area contributed by atoms with Gasteiger partial charge in [-0.1, -0.05) is 17.7 Å². The fraction of sp³-hybridized carbons (Fsp3) is 0.375. The minimum Gasteiger partial charge on any atom is -0.308 e. The molecular weight excluding hydrogens is 234 g/mol. The number of nitrogens with one attached hydrogen (secondary N) is 1. The van der Waals surface area contributed by atoms with Gasteiger partial charge in [-0.3, -0.25) is 0 Å². The standard InChI is InChI=1S/C16H21N3/c1-11-6-7-12(2)13(10-11)14-8-9-18-15(19-14)16(3,4)17-5/h6-10,17H,1-5H3. The zero-order chi connectivity index (χ0) is 14.0. The summed E-state index contributed by atoms with van der Waals surface area (Å²) < 4.78 is 0. The minimum absolute atomic E-state index is 0.228. The molecule has 1 aromatic carbocycles. The Hall–Kier alpha value is -1.74. The van der Waals surface area contributed by atoms with Gasteiger partial charge in [-0.25, -0.2) is 9.97 Å². The van der Waals surface area contributed by atoms with Crippen molar-refractivity contribution in [2.45, 2.75) is 33.2 Å². The van der Waals surface area contributed by atoms with Crippen LogP contribution in [0.1, 0.15) is 30.8 Å². The summed E-state index contributed by atoms with van der Waals surface area (Å²) in [4.78, 5) is 9.10. The van der Waals surface area contributed by atoms with Gasteiger partial charge in [-0.05, 0) is 52.4 Å². The maximum atomic E-state index is 4.71. The van der Waals surface area contributed by atoms with Crippen molar-refractivity contribution < 1.29 is 0 Å². The van der Waals surface area contributed by atoms with E-state index in [1.807, 2.05) is 19.3 Å². The van der Waals surface area contributed by atoms with E-state index in [2.05, 4.69) is 56.2 Å². The Morgan fingerprint density at radius 1 is 1.11 bits per heavy atom. The minimum atomic E-state index is -0.228. The fourth-order valence-electron chi connectivity index (χ4n) is 1.93. The van der Waals surface area contributed by atoms with Crippen LogP contribution in [0.5, 0.6) is 0 Å². The highest BCUT2D eigenvalue weighted by Crippen LogP contribution is 2.24. The molecule has 19 heavy (non-hydrogen) atoms. The largest absolute Gasteiger partial charge is 0.308 e. The first kappa shape index (κ1) is 13.7. The number of benzene rings is 1. The van der Waals surface area contributed by atoms with Gasteiger partial charge in [0.1, 0.15) is 5.82 Å². The molecule has 0 atom stereocenters. The third-order valence-electron chi connectivity index (χ3n) is 3.51. The molecule has 0 aliphatic heterocycles. The van der Waals surface area contributed by atoms with Crippen LogP contribution >= 0.6 is 0 Å². The molecule has 0 fully saturated rings. The number of aromatic nitrogens is 2. The number of hydrogen-bond acceptors (Lipinski definition) is 3. The monoisotopic (exact) mass is 255 g/mol. The number of nitrogens with zero attached hydrogens (tertiary/aromatic N) is 2. The summed E-state index contributed by atoms with van der Waals surface area (Å²) in [7, 11) is 1.92. The van der Waals surface area contributed by atoms with Crippen LogP contribution < -0.4 is 5.32 Å². The molecule has 0 unspecified atom stereocenters. The van der Waals surface area contributed by atoms with E-state index in [-0.39, 0.29) is 5.54 Å². The summed E-state index contributed by atoms with van der Waals surface area (Å²) >= 11 is 0. The first-order valence-electron chi connectivity index (χ1n) is 6.54. The van der Waals surface area contributed by atoms with Gasteiger partial charge in [0.05, 0.1) is 11.2 Å². The smallest absolute Gasteiger partial charge is 0.148 e. The molecule has 2 rings (SSSR count). The Morgan fingerprint density at radius 2 is 1.84 bits per heavy atom. The summed E-state index contributed by atoms with van der Waals surface area (Å²) in [6.07, 6.45) is 1.83. The molecule has 0 radical (unpaired) electrons. The zero-order valence-corrected chi connectivity index (χ0v) is 12.3. The zero-order valence-electron chi connectivity index (χ0n) is 12.3. The third kappa shape index (κ3) is 2.82. The van der Waals surface area contributed by atoms with Crippen molar-refractivity contribution >= 4 is 0 Å². The van der Waals surface area contributed by atoms with Gasteiger partial charge < -0.3 is 5.32 Å². The summed E-state index contributed by atoms with van der Waals surface area (Å²) in [5.74, 6) is 0.813. The van der Waals surface area contributed by atoms with Crippen LogP contribution in [0.15, 0.2) is 30.5 Å². The predicted molar refractivity (Wildman–Crippen MR) is 79.0 cm³/mol. The van der Waals surface area contributed by atoms with Crippen molar-refractivity contribution in [1.82, 2.24) is 15.3 Å². The van der Waals surface area contributed by atoms with Gasteiger partial charge in [0.15, 0.2) is 0 Å². The highest BCUT2D eigenvalue weighted by molar-refractivity contribution is 5.64. The highest BCUT2D eigenvalue weighted by atomic mass is 15.0. The van der Waals surface area contributed by atoms with Gasteiger partial charge in [-0.2, -0.15) is 0 Å². The van der Waals surface area contributed by atoms with Crippen LogP contribution in [-0.4, -0.2) is 17.0 Å². The average Bonchev–Trinajstić information content (AvgIpc) is 2.41. The normalized spacial score (nSPS) is 11.6. The lowest BCUT2D eigenvalue weighted by Crippen LogP contribution is -2.35. The van der Waals surface area contributed by atoms with Crippen molar-refractivity contribution in [3.8, 4) is 11.3 Å². The van der Waals surface area contributed by atoms with E-state index >= 15 is 0 Å². The molecule has 0 saturated carbocycles. The lowest BCUT2D eigenvalue weighted by molar-refractivity contribution is 0.417. The predicted octanol–water partition coefficient (Wildman–Crippen LogP) is 3.21. The van der Waals surface area contributed by atoms with Gasteiger partial charge >= 0.3 is 0 Å². The molecule has 1 N–H and O–H groups in total. The van der Waals surface area contributed by atoms with Crippen molar-refractivity contribution in [1.29, 1.82) is 0 Å². The summed E-state index contributed by atoms with van der Waals surface area (Å²) in [5.41, 5.74) is 4.41. The van der Waals surface area contributed by atoms with E-state index < -0.39 is 0 Å². The number of rotatable bonds is 3. The second-order valence-electron chi connectivity index (χ2n) is 5.46. The molecule has 0 aliphatic carbocycles. The lowest BCUT2D eigenvalue weighted by Gasteiger charge is -2.22. The topological polar surface area (TPSA) is 37.8 Å². The van der Waals surface area contributed by atoms with Crippen LogP contribution in [0, 0.1) is 13.8 Å². The van der Waals surface area contributed by atoms with Gasteiger partial charge in [-0.15, -0.1) is 0 Å². The Bertz CT molecular complexity index is 588. The number of aryl methyl sites for hydroxylation is 2. The first-order chi connectivity index (χ1) is 8.94. The molecule has 1 heterocycles. The van der Waals surface area contributed by atoms with Crippen LogP contribution in [0.25, 0.3) is 11.3 Å². The first-order valence-corrected chi connectivity index (χ1v) is 6.54. The fourth-order valence-corrected chi connectivity index (χ4v) is 1.93. The van der Waals surface area contributed by atoms with E-state index in [0.29, 0.717) is 0 Å². The molecule has 0 aliphatic rings. The molecule has 0 saturated heterocycles. The molecular formula is C16H21N3. The Balaban J connectivity index is 2.52. The van der Waals surface area contributed by atoms with Crippen molar-refractivity contribution in [3.63, 3.8) is 0 Å². The maximum Gasteiger partial charge on any atom is 0.148 e. The molecule has 0 bridgehead atoms. The Morgan fingerprint density at radius 3 is 2.53 bits per heavy atom. The quantitative estimate of drug-likeness (QED) is 0.915. The average molecular weight is 255 g/mol. The number of hydrogen-bond donors (Lipinski definition) is 1. The molecule has 1 aromatic heterocycles. The molecule has 0 spiro atoms. The van der Waals surface area contributed by atoms with Crippen LogP contribution in [0.4, 0.5) is 0 Å². The van der Waals surface area contributed by atoms with Crippen LogP contribution in [0.3, 0.4) is 0 Å². The van der Waals surface area contributed by atoms with Gasteiger partial charge in [0, 0.05) is 11.8 Å². The van der Waals surface area contributed by atoms with Gasteiger partial charge in [0.2, 0.25) is 0 Å². The van der Waals surface area contributed by atoms with Gasteiger partial charge in [0.25, 0.3) is 0 Å². The van der Waals surface area contributed by atoms with Crippen molar-refractivity contribution in [2.24, 2.45) is 0 Å². The highest BCUT2D eigenvalue weighted by Gasteiger charge is 2.21. The molecule has 100 valence electrons. The van der Waals surface area contributed by atoms with E-state index in [4.69, 9.17) is 4.98 Å². The van der Waals surface area contributed by atoms with E-state index in [0.717, 1.165) is 11.5 Å². The molecule has 3 nitrogen and oxygen atoms in total. The lowest BCUT2D eigenvalue weighted by atomic mass is 10.0. The Labute approximate surface area is 115 Å². The third-order valence-corrected chi connectivity index (χ3v) is 3.51. The Kier molecular flexibility index (Phi) is 3.67. The summed E-state index contributed by atoms with van der Waals surface area (Å²) in [6.45, 7) is 8.37. The van der Waals surface area contributed by atoms with Crippen molar-refractivity contribution in [3.05, 3.63) is 47.4 Å². The van der Waals surface area contributed by atoms with Crippen molar-refractivity contribution in [2.75, 3.05) is 7.05 Å². The van der Waals surface area contributed by atoms with Crippen LogP contribution in [0.2, 0.25) is 0 Å². The summed E-state index contributed by atoms with van der Waals surface area (Å²) in [6, 6.07) is 8.40. The second-order valence-corrected chi connectivity index (χ2v) is 5.46.